The van der Waals surface area contributed by atoms with Crippen molar-refractivity contribution < 1.29 is 14.3 Å². The monoisotopic (exact) mass is 465 g/mol. The van der Waals surface area contributed by atoms with Gasteiger partial charge >= 0.3 is 0 Å². The molecule has 1 amide bonds. The summed E-state index contributed by atoms with van der Waals surface area (Å²) in [5.41, 5.74) is 3.66. The number of aromatic nitrogens is 3. The molecule has 0 saturated carbocycles. The van der Waals surface area contributed by atoms with Crippen molar-refractivity contribution in [1.29, 1.82) is 0 Å². The molecule has 3 aromatic rings. The largest absolute Gasteiger partial charge is 0.496 e. The normalized spacial score (nSPS) is 14.6. The molecule has 9 heteroatoms. The number of carbonyl (C=O) groups excluding carboxylic acids is 1. The first-order chi connectivity index (χ1) is 16.0. The summed E-state index contributed by atoms with van der Waals surface area (Å²) in [6, 6.07) is 13.5. The van der Waals surface area contributed by atoms with Crippen molar-refractivity contribution in [2.75, 3.05) is 36.3 Å². The Morgan fingerprint density at radius 3 is 2.61 bits per heavy atom. The third-order valence-corrected chi connectivity index (χ3v) is 6.18. The lowest BCUT2D eigenvalue weighted by molar-refractivity contribution is -0.118. The van der Waals surface area contributed by atoms with Gasteiger partial charge in [-0.05, 0) is 38.3 Å². The van der Waals surface area contributed by atoms with Gasteiger partial charge in [0.05, 0.1) is 18.4 Å². The highest BCUT2D eigenvalue weighted by atomic mass is 32.2. The topological polar surface area (TPSA) is 80.7 Å². The summed E-state index contributed by atoms with van der Waals surface area (Å²) in [6.07, 6.45) is 1.08. The minimum absolute atomic E-state index is 0.173. The fraction of sp³-hybridized carbons (Fsp3) is 0.333. The number of para-hydroxylation sites is 1. The van der Waals surface area contributed by atoms with Gasteiger partial charge in [0.1, 0.15) is 5.75 Å². The highest BCUT2D eigenvalue weighted by molar-refractivity contribution is 7.98. The number of methoxy groups -OCH3 is 1. The molecule has 0 unspecified atom stereocenters. The standard InChI is InChI=1S/C24H27N5O3S/c1-6-28(7-2)16-12-13-18(20(14-16)31-4)23-29(15(3)30)19-11-9-8-10-17(19)21-22(32-23)25-24(33-5)27-26-21/h8-14,23H,6-7H2,1-5H3/t23-/m1/s1. The minimum atomic E-state index is -0.794. The molecule has 0 bridgehead atoms. The molecule has 0 spiro atoms. The molecule has 0 radical (unpaired) electrons. The molecule has 172 valence electrons. The Morgan fingerprint density at radius 2 is 1.94 bits per heavy atom. The number of amides is 1. The van der Waals surface area contributed by atoms with Gasteiger partial charge in [-0.25, -0.2) is 0 Å². The molecule has 0 saturated heterocycles. The molecule has 2 heterocycles. The predicted octanol–water partition coefficient (Wildman–Crippen LogP) is 4.56. The van der Waals surface area contributed by atoms with Gasteiger partial charge < -0.3 is 14.4 Å². The molecule has 1 atom stereocenters. The molecular formula is C24H27N5O3S. The second-order valence-electron chi connectivity index (χ2n) is 7.43. The summed E-state index contributed by atoms with van der Waals surface area (Å²) in [4.78, 5) is 21.4. The number of thioether (sulfide) groups is 1. The van der Waals surface area contributed by atoms with E-state index in [1.165, 1.54) is 18.7 Å². The number of rotatable bonds is 6. The van der Waals surface area contributed by atoms with Crippen molar-refractivity contribution in [3.63, 3.8) is 0 Å². The number of ether oxygens (including phenoxy) is 2. The van der Waals surface area contributed by atoms with E-state index in [1.54, 1.807) is 12.0 Å². The first kappa shape index (κ1) is 22.8. The van der Waals surface area contributed by atoms with E-state index in [0.717, 1.165) is 29.9 Å². The lowest BCUT2D eigenvalue weighted by atomic mass is 10.1. The molecule has 0 N–H and O–H groups in total. The average molecular weight is 466 g/mol. The van der Waals surface area contributed by atoms with Crippen LogP contribution in [-0.4, -0.2) is 47.5 Å². The van der Waals surface area contributed by atoms with Crippen molar-refractivity contribution in [2.24, 2.45) is 0 Å². The second-order valence-corrected chi connectivity index (χ2v) is 8.20. The van der Waals surface area contributed by atoms with Crippen LogP contribution in [0.1, 0.15) is 32.6 Å². The molecule has 33 heavy (non-hydrogen) atoms. The van der Waals surface area contributed by atoms with Gasteiger partial charge in [-0.1, -0.05) is 30.0 Å². The third kappa shape index (κ3) is 4.20. The summed E-state index contributed by atoms with van der Waals surface area (Å²) in [5.74, 6) is 0.780. The van der Waals surface area contributed by atoms with E-state index in [0.29, 0.717) is 28.2 Å². The maximum absolute atomic E-state index is 13.0. The van der Waals surface area contributed by atoms with Crippen LogP contribution in [-0.2, 0) is 4.79 Å². The molecule has 8 nitrogen and oxygen atoms in total. The molecule has 0 fully saturated rings. The Balaban J connectivity index is 1.93. The van der Waals surface area contributed by atoms with Crippen LogP contribution in [0, 0.1) is 0 Å². The number of carbonyl (C=O) groups is 1. The van der Waals surface area contributed by atoms with Gasteiger partial charge in [0, 0.05) is 37.3 Å². The molecular weight excluding hydrogens is 438 g/mol. The van der Waals surface area contributed by atoms with Crippen LogP contribution < -0.4 is 19.3 Å². The number of fused-ring (bicyclic) bond motifs is 3. The predicted molar refractivity (Wildman–Crippen MR) is 130 cm³/mol. The lowest BCUT2D eigenvalue weighted by Crippen LogP contribution is -2.36. The quantitative estimate of drug-likeness (QED) is 0.490. The number of anilines is 2. The van der Waals surface area contributed by atoms with Gasteiger partial charge in [-0.3, -0.25) is 9.69 Å². The van der Waals surface area contributed by atoms with Crippen molar-refractivity contribution in [3.05, 3.63) is 48.0 Å². The summed E-state index contributed by atoms with van der Waals surface area (Å²) < 4.78 is 12.2. The number of hydrogen-bond donors (Lipinski definition) is 0. The van der Waals surface area contributed by atoms with Gasteiger partial charge in [0.2, 0.25) is 23.2 Å². The zero-order valence-corrected chi connectivity index (χ0v) is 20.2. The van der Waals surface area contributed by atoms with E-state index in [-0.39, 0.29) is 5.91 Å². The third-order valence-electron chi connectivity index (χ3n) is 5.65. The number of nitrogens with zero attached hydrogens (tertiary/aromatic N) is 5. The molecule has 2 aromatic carbocycles. The summed E-state index contributed by atoms with van der Waals surface area (Å²) in [5, 5.41) is 9.06. The van der Waals surface area contributed by atoms with Crippen molar-refractivity contribution in [1.82, 2.24) is 15.2 Å². The van der Waals surface area contributed by atoms with E-state index >= 15 is 0 Å². The van der Waals surface area contributed by atoms with E-state index in [1.807, 2.05) is 48.7 Å². The Morgan fingerprint density at radius 1 is 1.18 bits per heavy atom. The smallest absolute Gasteiger partial charge is 0.247 e. The van der Waals surface area contributed by atoms with Gasteiger partial charge in [0.25, 0.3) is 0 Å². The van der Waals surface area contributed by atoms with Crippen LogP contribution in [0.5, 0.6) is 11.6 Å². The van der Waals surface area contributed by atoms with Gasteiger partial charge in [-0.2, -0.15) is 4.98 Å². The van der Waals surface area contributed by atoms with Crippen LogP contribution in [0.2, 0.25) is 0 Å². The minimum Gasteiger partial charge on any atom is -0.496 e. The summed E-state index contributed by atoms with van der Waals surface area (Å²) in [6.45, 7) is 7.49. The lowest BCUT2D eigenvalue weighted by Gasteiger charge is -2.31. The fourth-order valence-electron chi connectivity index (χ4n) is 4.03. The first-order valence-corrected chi connectivity index (χ1v) is 12.0. The SMILES string of the molecule is CCN(CC)c1ccc([C@H]2Oc3nc(SC)nnc3-c3ccccc3N2C(C)=O)c(OC)c1. The molecule has 0 aliphatic carbocycles. The van der Waals surface area contributed by atoms with Gasteiger partial charge in [0.15, 0.2) is 5.69 Å². The molecule has 1 aliphatic heterocycles. The molecule has 1 aromatic heterocycles. The van der Waals surface area contributed by atoms with Gasteiger partial charge in [-0.15, -0.1) is 10.2 Å². The van der Waals surface area contributed by atoms with Crippen LogP contribution in [0.4, 0.5) is 11.4 Å². The summed E-state index contributed by atoms with van der Waals surface area (Å²) >= 11 is 1.38. The zero-order chi connectivity index (χ0) is 23.5. The van der Waals surface area contributed by atoms with Crippen LogP contribution in [0.15, 0.2) is 47.6 Å². The highest BCUT2D eigenvalue weighted by Gasteiger charge is 2.36. The van der Waals surface area contributed by atoms with E-state index in [9.17, 15) is 4.79 Å². The van der Waals surface area contributed by atoms with Crippen LogP contribution in [0.25, 0.3) is 11.3 Å². The Hall–Kier alpha value is -3.33. The average Bonchev–Trinajstić information content (AvgIpc) is 2.98. The zero-order valence-electron chi connectivity index (χ0n) is 19.4. The Labute approximate surface area is 197 Å². The number of hydrogen-bond acceptors (Lipinski definition) is 8. The van der Waals surface area contributed by atoms with E-state index in [4.69, 9.17) is 9.47 Å². The fourth-order valence-corrected chi connectivity index (χ4v) is 4.33. The first-order valence-electron chi connectivity index (χ1n) is 10.8. The van der Waals surface area contributed by atoms with Crippen LogP contribution in [0.3, 0.4) is 0 Å². The van der Waals surface area contributed by atoms with E-state index in [2.05, 4.69) is 33.9 Å². The Bertz CT molecular complexity index is 1170. The molecule has 1 aliphatic rings. The summed E-state index contributed by atoms with van der Waals surface area (Å²) in [7, 11) is 1.62. The van der Waals surface area contributed by atoms with Crippen molar-refractivity contribution in [3.8, 4) is 22.9 Å². The van der Waals surface area contributed by atoms with Crippen molar-refractivity contribution >= 4 is 29.0 Å². The van der Waals surface area contributed by atoms with Crippen LogP contribution >= 0.6 is 11.8 Å². The highest BCUT2D eigenvalue weighted by Crippen LogP contribution is 2.45. The number of benzene rings is 2. The van der Waals surface area contributed by atoms with E-state index < -0.39 is 6.23 Å². The van der Waals surface area contributed by atoms with Crippen molar-refractivity contribution in [2.45, 2.75) is 32.2 Å². The molecule has 4 rings (SSSR count). The maximum atomic E-state index is 13.0. The Kier molecular flexibility index (Phi) is 6.69. The maximum Gasteiger partial charge on any atom is 0.247 e. The second kappa shape index (κ2) is 9.66.